The fourth-order valence-electron chi connectivity index (χ4n) is 2.11. The monoisotopic (exact) mass is 248 g/mol. The first-order valence-corrected chi connectivity index (χ1v) is 7.27. The lowest BCUT2D eigenvalue weighted by Crippen LogP contribution is -2.62. The Morgan fingerprint density at radius 1 is 1.25 bits per heavy atom. The number of nitrogens with zero attached hydrogens (tertiary/aromatic N) is 2. The molecular weight excluding hydrogens is 228 g/mol. The molecular formula is C9H20N4O2S. The average Bonchev–Trinajstić information content (AvgIpc) is 2.16. The minimum Gasteiger partial charge on any atom is -0.314 e. The van der Waals surface area contributed by atoms with Crippen molar-refractivity contribution in [2.75, 3.05) is 45.8 Å². The normalized spacial score (nSPS) is 25.6. The average molecular weight is 248 g/mol. The standard InChI is InChI=1S/C9H20N4O2S/c1-2-11-16(14,15)13-5-3-12(4-6-13)9-7-10-8-9/h9-11H,2-8H2,1H3. The van der Waals surface area contributed by atoms with Gasteiger partial charge in [-0.1, -0.05) is 6.92 Å². The second-order valence-electron chi connectivity index (χ2n) is 4.25. The van der Waals surface area contributed by atoms with Gasteiger partial charge in [-0.05, 0) is 0 Å². The highest BCUT2D eigenvalue weighted by Gasteiger charge is 2.31. The van der Waals surface area contributed by atoms with Gasteiger partial charge in [0.05, 0.1) is 0 Å². The highest BCUT2D eigenvalue weighted by atomic mass is 32.2. The van der Waals surface area contributed by atoms with Crippen LogP contribution in [0.15, 0.2) is 0 Å². The second-order valence-corrected chi connectivity index (χ2v) is 6.01. The van der Waals surface area contributed by atoms with Gasteiger partial charge in [0.2, 0.25) is 0 Å². The molecule has 0 atom stereocenters. The van der Waals surface area contributed by atoms with E-state index in [2.05, 4.69) is 14.9 Å². The van der Waals surface area contributed by atoms with Gasteiger partial charge in [0, 0.05) is 51.9 Å². The van der Waals surface area contributed by atoms with Crippen LogP contribution in [0.5, 0.6) is 0 Å². The highest BCUT2D eigenvalue weighted by molar-refractivity contribution is 7.87. The molecule has 0 unspecified atom stereocenters. The molecule has 2 fully saturated rings. The zero-order chi connectivity index (χ0) is 11.6. The quantitative estimate of drug-likeness (QED) is 0.631. The van der Waals surface area contributed by atoms with E-state index in [0.29, 0.717) is 25.7 Å². The van der Waals surface area contributed by atoms with Gasteiger partial charge >= 0.3 is 0 Å². The molecule has 2 saturated heterocycles. The molecule has 0 amide bonds. The maximum absolute atomic E-state index is 11.7. The predicted molar refractivity (Wildman–Crippen MR) is 62.4 cm³/mol. The summed E-state index contributed by atoms with van der Waals surface area (Å²) in [5.74, 6) is 0. The third-order valence-electron chi connectivity index (χ3n) is 3.22. The maximum Gasteiger partial charge on any atom is 0.279 e. The zero-order valence-electron chi connectivity index (χ0n) is 9.65. The van der Waals surface area contributed by atoms with Crippen LogP contribution in [0.4, 0.5) is 0 Å². The molecule has 2 aliphatic heterocycles. The van der Waals surface area contributed by atoms with Gasteiger partial charge in [-0.25, -0.2) is 4.72 Å². The molecule has 0 aromatic carbocycles. The molecule has 0 aromatic heterocycles. The van der Waals surface area contributed by atoms with Gasteiger partial charge in [-0.3, -0.25) is 4.90 Å². The Morgan fingerprint density at radius 2 is 1.88 bits per heavy atom. The Balaban J connectivity index is 1.84. The molecule has 2 aliphatic rings. The Kier molecular flexibility index (Phi) is 3.81. The minimum absolute atomic E-state index is 0.453. The molecule has 2 N–H and O–H groups in total. The van der Waals surface area contributed by atoms with E-state index in [9.17, 15) is 8.42 Å². The summed E-state index contributed by atoms with van der Waals surface area (Å²) in [7, 11) is -3.23. The van der Waals surface area contributed by atoms with Crippen molar-refractivity contribution in [3.8, 4) is 0 Å². The first-order chi connectivity index (χ1) is 7.63. The minimum atomic E-state index is -3.23. The second kappa shape index (κ2) is 4.97. The van der Waals surface area contributed by atoms with Crippen molar-refractivity contribution in [3.05, 3.63) is 0 Å². The molecule has 2 rings (SSSR count). The summed E-state index contributed by atoms with van der Waals surface area (Å²) >= 11 is 0. The molecule has 0 aromatic rings. The lowest BCUT2D eigenvalue weighted by molar-refractivity contribution is 0.103. The van der Waals surface area contributed by atoms with Crippen LogP contribution in [-0.2, 0) is 10.2 Å². The van der Waals surface area contributed by atoms with Crippen LogP contribution < -0.4 is 10.0 Å². The smallest absolute Gasteiger partial charge is 0.279 e. The van der Waals surface area contributed by atoms with E-state index >= 15 is 0 Å². The molecule has 16 heavy (non-hydrogen) atoms. The van der Waals surface area contributed by atoms with Crippen molar-refractivity contribution in [2.24, 2.45) is 0 Å². The summed E-state index contributed by atoms with van der Waals surface area (Å²) in [5, 5.41) is 3.23. The summed E-state index contributed by atoms with van der Waals surface area (Å²) in [5.41, 5.74) is 0. The van der Waals surface area contributed by atoms with E-state index in [-0.39, 0.29) is 0 Å². The van der Waals surface area contributed by atoms with Crippen molar-refractivity contribution in [3.63, 3.8) is 0 Å². The summed E-state index contributed by atoms with van der Waals surface area (Å²) in [4.78, 5) is 2.37. The first-order valence-electron chi connectivity index (χ1n) is 5.83. The molecule has 0 saturated carbocycles. The Bertz CT molecular complexity index is 320. The summed E-state index contributed by atoms with van der Waals surface area (Å²) in [6, 6.07) is 0.615. The number of hydrogen-bond acceptors (Lipinski definition) is 4. The van der Waals surface area contributed by atoms with Crippen LogP contribution in [0.2, 0.25) is 0 Å². The SMILES string of the molecule is CCNS(=O)(=O)N1CCN(C2CNC2)CC1. The van der Waals surface area contributed by atoms with E-state index < -0.39 is 10.2 Å². The molecule has 0 spiro atoms. The molecule has 0 bridgehead atoms. The van der Waals surface area contributed by atoms with Gasteiger partial charge in [0.25, 0.3) is 10.2 Å². The highest BCUT2D eigenvalue weighted by Crippen LogP contribution is 2.11. The molecule has 6 nitrogen and oxygen atoms in total. The van der Waals surface area contributed by atoms with Crippen molar-refractivity contribution >= 4 is 10.2 Å². The fraction of sp³-hybridized carbons (Fsp3) is 1.00. The van der Waals surface area contributed by atoms with Gasteiger partial charge in [-0.15, -0.1) is 0 Å². The predicted octanol–water partition coefficient (Wildman–Crippen LogP) is -1.57. The van der Waals surface area contributed by atoms with E-state index in [1.54, 1.807) is 11.2 Å². The van der Waals surface area contributed by atoms with Crippen LogP contribution in [0, 0.1) is 0 Å². The van der Waals surface area contributed by atoms with Crippen molar-refractivity contribution < 1.29 is 8.42 Å². The van der Waals surface area contributed by atoms with Gasteiger partial charge < -0.3 is 5.32 Å². The van der Waals surface area contributed by atoms with Crippen LogP contribution in [0.3, 0.4) is 0 Å². The number of nitrogens with one attached hydrogen (secondary N) is 2. The molecule has 0 aliphatic carbocycles. The third kappa shape index (κ3) is 2.54. The summed E-state index contributed by atoms with van der Waals surface area (Å²) in [6.45, 7) is 7.23. The van der Waals surface area contributed by atoms with Crippen LogP contribution in [0.25, 0.3) is 0 Å². The molecule has 2 heterocycles. The lowest BCUT2D eigenvalue weighted by atomic mass is 10.1. The molecule has 7 heteroatoms. The van der Waals surface area contributed by atoms with E-state index in [1.165, 1.54) is 0 Å². The van der Waals surface area contributed by atoms with E-state index in [1.807, 2.05) is 0 Å². The summed E-state index contributed by atoms with van der Waals surface area (Å²) < 4.78 is 27.5. The first kappa shape index (κ1) is 12.3. The largest absolute Gasteiger partial charge is 0.314 e. The topological polar surface area (TPSA) is 64.7 Å². The Labute approximate surface area is 97.2 Å². The van der Waals surface area contributed by atoms with Gasteiger partial charge in [-0.2, -0.15) is 12.7 Å². The van der Waals surface area contributed by atoms with Crippen molar-refractivity contribution in [2.45, 2.75) is 13.0 Å². The molecule has 0 radical (unpaired) electrons. The summed E-state index contributed by atoms with van der Waals surface area (Å²) in [6.07, 6.45) is 0. The molecule has 94 valence electrons. The van der Waals surface area contributed by atoms with E-state index in [0.717, 1.165) is 26.2 Å². The third-order valence-corrected chi connectivity index (χ3v) is 4.91. The van der Waals surface area contributed by atoms with Gasteiger partial charge in [0.15, 0.2) is 0 Å². The zero-order valence-corrected chi connectivity index (χ0v) is 10.5. The number of piperazine rings is 1. The Hall–Kier alpha value is -0.210. The number of rotatable bonds is 4. The maximum atomic E-state index is 11.7. The Morgan fingerprint density at radius 3 is 2.31 bits per heavy atom. The number of hydrogen-bond donors (Lipinski definition) is 2. The van der Waals surface area contributed by atoms with Crippen LogP contribution in [0.1, 0.15) is 6.92 Å². The van der Waals surface area contributed by atoms with Gasteiger partial charge in [0.1, 0.15) is 0 Å². The van der Waals surface area contributed by atoms with Crippen LogP contribution >= 0.6 is 0 Å². The lowest BCUT2D eigenvalue weighted by Gasteiger charge is -2.42. The van der Waals surface area contributed by atoms with Crippen molar-refractivity contribution in [1.29, 1.82) is 0 Å². The fourth-order valence-corrected chi connectivity index (χ4v) is 3.31. The van der Waals surface area contributed by atoms with Crippen LogP contribution in [-0.4, -0.2) is 69.5 Å². The van der Waals surface area contributed by atoms with Crippen molar-refractivity contribution in [1.82, 2.24) is 19.2 Å². The van der Waals surface area contributed by atoms with E-state index in [4.69, 9.17) is 0 Å².